The van der Waals surface area contributed by atoms with Gasteiger partial charge in [-0.2, -0.15) is 0 Å². The zero-order valence-electron chi connectivity index (χ0n) is 36.6. The standard InChI is InChI=1S/C62H49N3/c1-3-16-41(17-4-1)57-39-58(64-62(63-57)42-18-5-2-6-19-42)47-22-13-21-46(35-47)49-26-14-27-54-50-23-9-10-24-51(50)56-37-44(31-34-55(56)61(49)54)45-30-33-53-52-25-11-12-28-59(52)65(60(53)38-45)48-32-29-40-15-7-8-20-43(40)36-48/h1-3,5-10,12-13,15-16,18-24,28-34,36-39,47,49H,4,11,14,17,25-27,35H2. The number of benzene rings is 7. The Morgan fingerprint density at radius 2 is 1.37 bits per heavy atom. The van der Waals surface area contributed by atoms with E-state index in [9.17, 15) is 0 Å². The minimum atomic E-state index is 0.173. The van der Waals surface area contributed by atoms with Crippen LogP contribution < -0.4 is 0 Å². The van der Waals surface area contributed by atoms with Crippen molar-refractivity contribution < 1.29 is 0 Å². The van der Waals surface area contributed by atoms with E-state index in [1.54, 1.807) is 0 Å². The Morgan fingerprint density at radius 1 is 0.554 bits per heavy atom. The minimum Gasteiger partial charge on any atom is -0.310 e. The molecule has 7 aromatic carbocycles. The summed E-state index contributed by atoms with van der Waals surface area (Å²) in [5, 5.41) is 9.40. The average molecular weight is 836 g/mol. The van der Waals surface area contributed by atoms with Gasteiger partial charge >= 0.3 is 0 Å². The molecule has 0 radical (unpaired) electrons. The van der Waals surface area contributed by atoms with Crippen molar-refractivity contribution in [3.8, 4) is 28.2 Å². The molecule has 3 nitrogen and oxygen atoms in total. The van der Waals surface area contributed by atoms with E-state index in [1.165, 1.54) is 100.0 Å². The second-order valence-corrected chi connectivity index (χ2v) is 18.5. The molecule has 0 bridgehead atoms. The molecule has 4 aliphatic rings. The summed E-state index contributed by atoms with van der Waals surface area (Å²) in [4.78, 5) is 10.5. The molecule has 4 aliphatic carbocycles. The van der Waals surface area contributed by atoms with Crippen molar-refractivity contribution in [3.63, 3.8) is 0 Å². The molecule has 0 amide bonds. The summed E-state index contributed by atoms with van der Waals surface area (Å²) in [6.07, 6.45) is 27.0. The van der Waals surface area contributed by atoms with Crippen LogP contribution >= 0.6 is 0 Å². The summed E-state index contributed by atoms with van der Waals surface area (Å²) in [5.41, 5.74) is 16.8. The van der Waals surface area contributed by atoms with Gasteiger partial charge in [-0.25, -0.2) is 9.97 Å². The van der Waals surface area contributed by atoms with E-state index >= 15 is 0 Å². The van der Waals surface area contributed by atoms with Crippen LogP contribution in [0.15, 0.2) is 188 Å². The Bertz CT molecular complexity index is 3560. The molecule has 9 aromatic rings. The van der Waals surface area contributed by atoms with Crippen molar-refractivity contribution in [2.45, 2.75) is 63.2 Å². The predicted molar refractivity (Wildman–Crippen MR) is 273 cm³/mol. The highest BCUT2D eigenvalue weighted by molar-refractivity contribution is 6.12. The van der Waals surface area contributed by atoms with Crippen molar-refractivity contribution >= 4 is 54.9 Å². The van der Waals surface area contributed by atoms with Gasteiger partial charge in [0.2, 0.25) is 0 Å². The third-order valence-electron chi connectivity index (χ3n) is 14.8. The van der Waals surface area contributed by atoms with Gasteiger partial charge in [-0.15, -0.1) is 0 Å². The van der Waals surface area contributed by atoms with Gasteiger partial charge in [-0.05, 0) is 153 Å². The van der Waals surface area contributed by atoms with Gasteiger partial charge in [-0.3, -0.25) is 0 Å². The molecule has 65 heavy (non-hydrogen) atoms. The zero-order chi connectivity index (χ0) is 42.8. The van der Waals surface area contributed by atoms with E-state index < -0.39 is 0 Å². The largest absolute Gasteiger partial charge is 0.310 e. The highest BCUT2D eigenvalue weighted by atomic mass is 15.0. The first kappa shape index (κ1) is 38.1. The predicted octanol–water partition coefficient (Wildman–Crippen LogP) is 16.0. The highest BCUT2D eigenvalue weighted by Gasteiger charge is 2.31. The Balaban J connectivity index is 0.911. The van der Waals surface area contributed by atoms with Crippen LogP contribution in [-0.4, -0.2) is 14.5 Å². The summed E-state index contributed by atoms with van der Waals surface area (Å²) < 4.78 is 2.50. The lowest BCUT2D eigenvalue weighted by Crippen LogP contribution is -2.16. The molecule has 0 N–H and O–H groups in total. The summed E-state index contributed by atoms with van der Waals surface area (Å²) >= 11 is 0. The molecule has 312 valence electrons. The first-order chi connectivity index (χ1) is 32.2. The van der Waals surface area contributed by atoms with Crippen LogP contribution in [0.5, 0.6) is 0 Å². The van der Waals surface area contributed by atoms with E-state index in [2.05, 4.69) is 193 Å². The fourth-order valence-electron chi connectivity index (χ4n) is 11.7. The topological polar surface area (TPSA) is 30.7 Å². The monoisotopic (exact) mass is 835 g/mol. The van der Waals surface area contributed by atoms with Crippen LogP contribution in [0.1, 0.15) is 84.1 Å². The van der Waals surface area contributed by atoms with Crippen molar-refractivity contribution in [1.82, 2.24) is 14.5 Å². The third-order valence-corrected chi connectivity index (χ3v) is 14.8. The van der Waals surface area contributed by atoms with Gasteiger partial charge in [-0.1, -0.05) is 157 Å². The lowest BCUT2D eigenvalue weighted by molar-refractivity contribution is 0.584. The molecule has 0 saturated heterocycles. The van der Waals surface area contributed by atoms with Crippen molar-refractivity contribution in [3.05, 3.63) is 221 Å². The molecular formula is C62H49N3. The Hall–Kier alpha value is -7.36. The van der Waals surface area contributed by atoms with Gasteiger partial charge in [0.15, 0.2) is 5.82 Å². The van der Waals surface area contributed by atoms with Gasteiger partial charge in [0, 0.05) is 34.2 Å². The van der Waals surface area contributed by atoms with Crippen LogP contribution in [0.2, 0.25) is 0 Å². The molecule has 2 atom stereocenters. The van der Waals surface area contributed by atoms with E-state index in [4.69, 9.17) is 9.97 Å². The number of nitrogens with zero attached hydrogens (tertiary/aromatic N) is 3. The maximum absolute atomic E-state index is 5.31. The zero-order valence-corrected chi connectivity index (χ0v) is 36.6. The summed E-state index contributed by atoms with van der Waals surface area (Å²) in [7, 11) is 0. The fraction of sp³-hybridized carbons (Fsp3) is 0.161. The van der Waals surface area contributed by atoms with Crippen molar-refractivity contribution in [2.75, 3.05) is 0 Å². The molecule has 0 spiro atoms. The molecule has 3 heteroatoms. The highest BCUT2D eigenvalue weighted by Crippen LogP contribution is 2.49. The molecule has 2 unspecified atom stereocenters. The summed E-state index contributed by atoms with van der Waals surface area (Å²) in [6.45, 7) is 0. The normalized spacial score (nSPS) is 18.0. The van der Waals surface area contributed by atoms with Crippen LogP contribution in [-0.2, 0) is 12.8 Å². The van der Waals surface area contributed by atoms with Crippen LogP contribution in [0.4, 0.5) is 0 Å². The minimum absolute atomic E-state index is 0.173. The van der Waals surface area contributed by atoms with E-state index in [0.717, 1.165) is 67.7 Å². The van der Waals surface area contributed by atoms with Gasteiger partial charge in [0.05, 0.1) is 16.9 Å². The van der Waals surface area contributed by atoms with Crippen LogP contribution in [0.3, 0.4) is 0 Å². The van der Waals surface area contributed by atoms with Gasteiger partial charge < -0.3 is 4.57 Å². The maximum atomic E-state index is 5.31. The number of rotatable bonds is 6. The first-order valence-electron chi connectivity index (χ1n) is 23.7. The maximum Gasteiger partial charge on any atom is 0.160 e. The number of aryl methyl sites for hydroxylation is 2. The molecule has 0 aliphatic heterocycles. The second-order valence-electron chi connectivity index (χ2n) is 18.5. The molecular weight excluding hydrogens is 787 g/mol. The number of hydrogen-bond donors (Lipinski definition) is 0. The third kappa shape index (κ3) is 6.55. The van der Waals surface area contributed by atoms with Crippen molar-refractivity contribution in [2.24, 2.45) is 0 Å². The average Bonchev–Trinajstić information content (AvgIpc) is 3.72. The Kier molecular flexibility index (Phi) is 9.22. The quantitative estimate of drug-likeness (QED) is 0.156. The molecule has 0 fully saturated rings. The molecule has 2 aromatic heterocycles. The smallest absolute Gasteiger partial charge is 0.160 e. The van der Waals surface area contributed by atoms with E-state index in [0.29, 0.717) is 5.92 Å². The fourth-order valence-corrected chi connectivity index (χ4v) is 11.7. The molecule has 13 rings (SSSR count). The number of fused-ring (bicyclic) bond motifs is 10. The van der Waals surface area contributed by atoms with E-state index in [1.807, 2.05) is 0 Å². The lowest BCUT2D eigenvalue weighted by atomic mass is 9.71. The lowest BCUT2D eigenvalue weighted by Gasteiger charge is -2.33. The molecule has 2 heterocycles. The number of allylic oxidation sites excluding steroid dienone is 9. The summed E-state index contributed by atoms with van der Waals surface area (Å²) in [5.74, 6) is 1.32. The van der Waals surface area contributed by atoms with E-state index in [-0.39, 0.29) is 5.92 Å². The van der Waals surface area contributed by atoms with Crippen LogP contribution in [0, 0.1) is 0 Å². The number of hydrogen-bond acceptors (Lipinski definition) is 2. The Morgan fingerprint density at radius 3 is 2.26 bits per heavy atom. The first-order valence-corrected chi connectivity index (χ1v) is 23.7. The van der Waals surface area contributed by atoms with Gasteiger partial charge in [0.1, 0.15) is 0 Å². The van der Waals surface area contributed by atoms with Crippen LogP contribution in [0.25, 0.3) is 83.1 Å². The van der Waals surface area contributed by atoms with Crippen molar-refractivity contribution in [1.29, 1.82) is 0 Å². The SMILES string of the molecule is C1=CCCC(c2cc(C3C=CC=C(C4CCCc5c4c4ccc(-c6ccc7c8c(n(-c9ccc%10ccccc%10c9)c7c6)C=CCC8)cc4c4ccccc54)C3)nc(-c3ccccc3)n2)=C1. The number of aromatic nitrogens is 3. The van der Waals surface area contributed by atoms with Gasteiger partial charge in [0.25, 0.3) is 0 Å². The second kappa shape index (κ2) is 15.7. The Labute approximate surface area is 380 Å². The summed E-state index contributed by atoms with van der Waals surface area (Å²) in [6, 6.07) is 52.1. The molecule has 0 saturated carbocycles.